The molecular formula is C15H25N3O3. The number of rotatable bonds is 5. The lowest BCUT2D eigenvalue weighted by atomic mass is 10.1. The minimum absolute atomic E-state index is 0.204. The van der Waals surface area contributed by atoms with E-state index in [-0.39, 0.29) is 11.9 Å². The van der Waals surface area contributed by atoms with Crippen molar-refractivity contribution in [1.29, 1.82) is 0 Å². The Labute approximate surface area is 125 Å². The molecular weight excluding hydrogens is 270 g/mol. The van der Waals surface area contributed by atoms with Crippen LogP contribution in [0.1, 0.15) is 25.7 Å². The average Bonchev–Trinajstić information content (AvgIpc) is 3.15. The van der Waals surface area contributed by atoms with Gasteiger partial charge in [-0.3, -0.25) is 19.4 Å². The van der Waals surface area contributed by atoms with Gasteiger partial charge in [-0.15, -0.1) is 0 Å². The molecule has 3 rings (SSSR count). The lowest BCUT2D eigenvalue weighted by Crippen LogP contribution is -2.55. The van der Waals surface area contributed by atoms with E-state index in [2.05, 4.69) is 9.80 Å². The van der Waals surface area contributed by atoms with Crippen LogP contribution in [0.5, 0.6) is 0 Å². The van der Waals surface area contributed by atoms with Crippen LogP contribution in [0.3, 0.4) is 0 Å². The second-order valence-corrected chi connectivity index (χ2v) is 6.52. The summed E-state index contributed by atoms with van der Waals surface area (Å²) in [6.45, 7) is 5.33. The van der Waals surface area contributed by atoms with Crippen molar-refractivity contribution in [2.75, 3.05) is 45.8 Å². The SMILES string of the molecule is O=C(O)C(C1CC1)N1CCN(C(=O)CN2CCCC2)CC1. The van der Waals surface area contributed by atoms with E-state index < -0.39 is 5.97 Å². The Kier molecular flexibility index (Phi) is 4.45. The van der Waals surface area contributed by atoms with Gasteiger partial charge >= 0.3 is 5.97 Å². The van der Waals surface area contributed by atoms with Crippen LogP contribution in [0, 0.1) is 5.92 Å². The van der Waals surface area contributed by atoms with Crippen molar-refractivity contribution in [1.82, 2.24) is 14.7 Å². The minimum atomic E-state index is -0.700. The molecule has 3 aliphatic rings. The Morgan fingerprint density at radius 3 is 2.14 bits per heavy atom. The van der Waals surface area contributed by atoms with Gasteiger partial charge in [0, 0.05) is 26.2 Å². The van der Waals surface area contributed by atoms with E-state index >= 15 is 0 Å². The van der Waals surface area contributed by atoms with Crippen LogP contribution < -0.4 is 0 Å². The zero-order valence-corrected chi connectivity index (χ0v) is 12.5. The normalized spacial score (nSPS) is 26.0. The summed E-state index contributed by atoms with van der Waals surface area (Å²) < 4.78 is 0. The molecule has 0 bridgehead atoms. The third kappa shape index (κ3) is 3.55. The predicted molar refractivity (Wildman–Crippen MR) is 78.0 cm³/mol. The van der Waals surface area contributed by atoms with Crippen LogP contribution in [0.4, 0.5) is 0 Å². The molecule has 21 heavy (non-hydrogen) atoms. The van der Waals surface area contributed by atoms with Gasteiger partial charge in [-0.25, -0.2) is 0 Å². The van der Waals surface area contributed by atoms with E-state index in [0.29, 0.717) is 38.6 Å². The Hall–Kier alpha value is -1.14. The zero-order valence-electron chi connectivity index (χ0n) is 12.5. The summed E-state index contributed by atoms with van der Waals surface area (Å²) in [6.07, 6.45) is 4.46. The number of amides is 1. The smallest absolute Gasteiger partial charge is 0.321 e. The first kappa shape index (κ1) is 14.8. The zero-order chi connectivity index (χ0) is 14.8. The van der Waals surface area contributed by atoms with Gasteiger partial charge in [0.05, 0.1) is 6.54 Å². The van der Waals surface area contributed by atoms with E-state index in [1.807, 2.05) is 4.90 Å². The number of carboxylic acids is 1. The molecule has 2 heterocycles. The highest BCUT2D eigenvalue weighted by Gasteiger charge is 2.41. The highest BCUT2D eigenvalue weighted by molar-refractivity contribution is 5.78. The van der Waals surface area contributed by atoms with Crippen molar-refractivity contribution in [2.24, 2.45) is 5.92 Å². The summed E-state index contributed by atoms with van der Waals surface area (Å²) in [6, 6.07) is -0.333. The van der Waals surface area contributed by atoms with E-state index in [0.717, 1.165) is 25.9 Å². The van der Waals surface area contributed by atoms with Gasteiger partial charge in [-0.2, -0.15) is 0 Å². The first-order valence-electron chi connectivity index (χ1n) is 8.12. The fraction of sp³-hybridized carbons (Fsp3) is 0.867. The topological polar surface area (TPSA) is 64.1 Å². The Balaban J connectivity index is 1.47. The summed E-state index contributed by atoms with van der Waals surface area (Å²) in [7, 11) is 0. The first-order chi connectivity index (χ1) is 10.1. The molecule has 0 aromatic heterocycles. The van der Waals surface area contributed by atoms with Gasteiger partial charge in [0.1, 0.15) is 6.04 Å². The van der Waals surface area contributed by atoms with Gasteiger partial charge in [0.2, 0.25) is 5.91 Å². The number of hydrogen-bond donors (Lipinski definition) is 1. The number of piperazine rings is 1. The van der Waals surface area contributed by atoms with Crippen molar-refractivity contribution in [2.45, 2.75) is 31.7 Å². The third-order valence-corrected chi connectivity index (χ3v) is 4.94. The van der Waals surface area contributed by atoms with E-state index in [1.165, 1.54) is 12.8 Å². The third-order valence-electron chi connectivity index (χ3n) is 4.94. The maximum absolute atomic E-state index is 12.3. The number of nitrogens with zero attached hydrogens (tertiary/aromatic N) is 3. The van der Waals surface area contributed by atoms with Crippen molar-refractivity contribution in [3.63, 3.8) is 0 Å². The summed E-state index contributed by atoms with van der Waals surface area (Å²) in [5.74, 6) is -0.168. The van der Waals surface area contributed by atoms with E-state index in [9.17, 15) is 14.7 Å². The maximum Gasteiger partial charge on any atom is 0.321 e. The molecule has 0 radical (unpaired) electrons. The molecule has 6 nitrogen and oxygen atoms in total. The summed E-state index contributed by atoms with van der Waals surface area (Å²) in [5, 5.41) is 9.37. The van der Waals surface area contributed by atoms with Crippen LogP contribution in [-0.2, 0) is 9.59 Å². The molecule has 2 saturated heterocycles. The number of carboxylic acid groups (broad SMARTS) is 1. The van der Waals surface area contributed by atoms with Gasteiger partial charge in [-0.1, -0.05) is 0 Å². The maximum atomic E-state index is 12.3. The van der Waals surface area contributed by atoms with Crippen LogP contribution in [0.25, 0.3) is 0 Å². The van der Waals surface area contributed by atoms with Gasteiger partial charge in [0.15, 0.2) is 0 Å². The van der Waals surface area contributed by atoms with Crippen LogP contribution in [-0.4, -0.2) is 83.5 Å². The van der Waals surface area contributed by atoms with Crippen molar-refractivity contribution in [3.8, 4) is 0 Å². The van der Waals surface area contributed by atoms with Gasteiger partial charge < -0.3 is 10.0 Å². The molecule has 3 fully saturated rings. The van der Waals surface area contributed by atoms with Crippen LogP contribution in [0.15, 0.2) is 0 Å². The molecule has 1 saturated carbocycles. The standard InChI is InChI=1S/C15H25N3O3/c19-13(11-16-5-1-2-6-16)17-7-9-18(10-8-17)14(15(20)21)12-3-4-12/h12,14H,1-11H2,(H,20,21). The molecule has 1 aliphatic carbocycles. The fourth-order valence-corrected chi connectivity index (χ4v) is 3.55. The predicted octanol–water partition coefficient (Wildman–Crippen LogP) is 0.0896. The second kappa shape index (κ2) is 6.32. The second-order valence-electron chi connectivity index (χ2n) is 6.52. The monoisotopic (exact) mass is 295 g/mol. The number of carbonyl (C=O) groups is 2. The highest BCUT2D eigenvalue weighted by atomic mass is 16.4. The Bertz CT molecular complexity index is 397. The molecule has 1 unspecified atom stereocenters. The lowest BCUT2D eigenvalue weighted by Gasteiger charge is -2.38. The Morgan fingerprint density at radius 1 is 1.00 bits per heavy atom. The molecule has 0 aromatic rings. The highest BCUT2D eigenvalue weighted by Crippen LogP contribution is 2.35. The lowest BCUT2D eigenvalue weighted by molar-refractivity contribution is -0.145. The van der Waals surface area contributed by atoms with Crippen molar-refractivity contribution < 1.29 is 14.7 Å². The summed E-state index contributed by atoms with van der Waals surface area (Å²) in [4.78, 5) is 29.8. The largest absolute Gasteiger partial charge is 0.480 e. The molecule has 0 aromatic carbocycles. The van der Waals surface area contributed by atoms with Crippen molar-refractivity contribution >= 4 is 11.9 Å². The van der Waals surface area contributed by atoms with Crippen molar-refractivity contribution in [3.05, 3.63) is 0 Å². The minimum Gasteiger partial charge on any atom is -0.480 e. The molecule has 0 spiro atoms. The number of hydrogen-bond acceptors (Lipinski definition) is 4. The van der Waals surface area contributed by atoms with Crippen LogP contribution in [0.2, 0.25) is 0 Å². The quantitative estimate of drug-likeness (QED) is 0.779. The molecule has 6 heteroatoms. The van der Waals surface area contributed by atoms with Crippen LogP contribution >= 0.6 is 0 Å². The number of likely N-dealkylation sites (tertiary alicyclic amines) is 1. The fourth-order valence-electron chi connectivity index (χ4n) is 3.55. The van der Waals surface area contributed by atoms with E-state index in [4.69, 9.17) is 0 Å². The van der Waals surface area contributed by atoms with Gasteiger partial charge in [0.25, 0.3) is 0 Å². The molecule has 1 amide bonds. The molecule has 1 N–H and O–H groups in total. The Morgan fingerprint density at radius 2 is 1.62 bits per heavy atom. The molecule has 2 aliphatic heterocycles. The number of aliphatic carboxylic acids is 1. The first-order valence-corrected chi connectivity index (χ1v) is 8.12. The van der Waals surface area contributed by atoms with Gasteiger partial charge in [-0.05, 0) is 44.7 Å². The summed E-state index contributed by atoms with van der Waals surface area (Å²) >= 11 is 0. The molecule has 118 valence electrons. The average molecular weight is 295 g/mol. The number of carbonyl (C=O) groups excluding carboxylic acids is 1. The summed E-state index contributed by atoms with van der Waals surface area (Å²) in [5.41, 5.74) is 0. The van der Waals surface area contributed by atoms with E-state index in [1.54, 1.807) is 0 Å². The molecule has 1 atom stereocenters.